The number of carbonyl (C=O) groups is 1. The Bertz CT molecular complexity index is 625. The van der Waals surface area contributed by atoms with E-state index in [0.717, 1.165) is 0 Å². The lowest BCUT2D eigenvalue weighted by molar-refractivity contribution is 0.103. The zero-order valence-electron chi connectivity index (χ0n) is 11.5. The summed E-state index contributed by atoms with van der Waals surface area (Å²) in [6, 6.07) is 8.36. The molecule has 0 aliphatic heterocycles. The predicted molar refractivity (Wildman–Crippen MR) is 73.8 cm³/mol. The highest BCUT2D eigenvalue weighted by molar-refractivity contribution is 6.10. The second-order valence-electron chi connectivity index (χ2n) is 3.96. The normalized spacial score (nSPS) is 9.95. The van der Waals surface area contributed by atoms with Crippen LogP contribution in [-0.4, -0.2) is 32.1 Å². The average Bonchev–Trinajstić information content (AvgIpc) is 2.53. The van der Waals surface area contributed by atoms with Crippen molar-refractivity contribution in [2.45, 2.75) is 0 Å². The fourth-order valence-corrected chi connectivity index (χ4v) is 1.86. The molecule has 0 N–H and O–H groups in total. The van der Waals surface area contributed by atoms with Crippen molar-refractivity contribution in [3.63, 3.8) is 0 Å². The van der Waals surface area contributed by atoms with Crippen LogP contribution in [0.3, 0.4) is 0 Å². The van der Waals surface area contributed by atoms with Crippen molar-refractivity contribution in [1.82, 2.24) is 4.98 Å². The molecule has 104 valence electrons. The highest BCUT2D eigenvalue weighted by Gasteiger charge is 2.17. The molecule has 1 heterocycles. The molecule has 5 heteroatoms. The summed E-state index contributed by atoms with van der Waals surface area (Å²) in [7, 11) is 4.55. The summed E-state index contributed by atoms with van der Waals surface area (Å²) in [5.74, 6) is 1.19. The van der Waals surface area contributed by atoms with Crippen LogP contribution < -0.4 is 14.2 Å². The summed E-state index contributed by atoms with van der Waals surface area (Å²) >= 11 is 0. The van der Waals surface area contributed by atoms with Crippen molar-refractivity contribution in [3.05, 3.63) is 47.7 Å². The average molecular weight is 273 g/mol. The van der Waals surface area contributed by atoms with Crippen LogP contribution in [0.25, 0.3) is 0 Å². The Labute approximate surface area is 117 Å². The monoisotopic (exact) mass is 273 g/mol. The zero-order chi connectivity index (χ0) is 14.5. The first-order valence-corrected chi connectivity index (χ1v) is 5.97. The van der Waals surface area contributed by atoms with E-state index in [4.69, 9.17) is 14.2 Å². The van der Waals surface area contributed by atoms with E-state index < -0.39 is 0 Å². The first-order valence-electron chi connectivity index (χ1n) is 5.97. The Morgan fingerprint density at radius 1 is 1.00 bits per heavy atom. The Kier molecular flexibility index (Phi) is 4.20. The fourth-order valence-electron chi connectivity index (χ4n) is 1.86. The Balaban J connectivity index is 2.43. The van der Waals surface area contributed by atoms with Gasteiger partial charge in [-0.3, -0.25) is 4.79 Å². The summed E-state index contributed by atoms with van der Waals surface area (Å²) in [6.45, 7) is 0. The van der Waals surface area contributed by atoms with E-state index in [0.29, 0.717) is 28.5 Å². The van der Waals surface area contributed by atoms with Gasteiger partial charge in [0.05, 0.1) is 26.9 Å². The number of ketones is 1. The SMILES string of the molecule is COc1ccc(C(=O)c2cccnc2OC)cc1OC. The minimum Gasteiger partial charge on any atom is -0.493 e. The van der Waals surface area contributed by atoms with Gasteiger partial charge in [0.2, 0.25) is 5.88 Å². The number of nitrogens with zero attached hydrogens (tertiary/aromatic N) is 1. The third-order valence-electron chi connectivity index (χ3n) is 2.85. The third kappa shape index (κ3) is 2.56. The second kappa shape index (κ2) is 6.06. The van der Waals surface area contributed by atoms with Crippen molar-refractivity contribution in [3.8, 4) is 17.4 Å². The molecular formula is C15H15NO4. The van der Waals surface area contributed by atoms with Crippen LogP contribution in [0.1, 0.15) is 15.9 Å². The van der Waals surface area contributed by atoms with Crippen molar-refractivity contribution >= 4 is 5.78 Å². The van der Waals surface area contributed by atoms with Gasteiger partial charge in [0.1, 0.15) is 0 Å². The molecule has 0 saturated carbocycles. The molecule has 0 radical (unpaired) electrons. The number of hydrogen-bond donors (Lipinski definition) is 0. The molecule has 0 aliphatic rings. The number of ether oxygens (including phenoxy) is 3. The Morgan fingerprint density at radius 3 is 2.40 bits per heavy atom. The van der Waals surface area contributed by atoms with Gasteiger partial charge in [-0.15, -0.1) is 0 Å². The number of hydrogen-bond acceptors (Lipinski definition) is 5. The molecule has 20 heavy (non-hydrogen) atoms. The van der Waals surface area contributed by atoms with E-state index in [1.54, 1.807) is 43.6 Å². The van der Waals surface area contributed by atoms with E-state index in [1.807, 2.05) is 0 Å². The zero-order valence-corrected chi connectivity index (χ0v) is 11.5. The number of carbonyl (C=O) groups excluding carboxylic acids is 1. The minimum absolute atomic E-state index is 0.184. The molecule has 0 unspecified atom stereocenters. The molecule has 0 aliphatic carbocycles. The fraction of sp³-hybridized carbons (Fsp3) is 0.200. The van der Waals surface area contributed by atoms with E-state index in [1.165, 1.54) is 14.2 Å². The number of rotatable bonds is 5. The van der Waals surface area contributed by atoms with Gasteiger partial charge >= 0.3 is 0 Å². The van der Waals surface area contributed by atoms with Gasteiger partial charge in [0.25, 0.3) is 0 Å². The molecule has 2 aromatic rings. The van der Waals surface area contributed by atoms with Crippen LogP contribution >= 0.6 is 0 Å². The van der Waals surface area contributed by atoms with E-state index in [2.05, 4.69) is 4.98 Å². The van der Waals surface area contributed by atoms with Crippen LogP contribution in [0.2, 0.25) is 0 Å². The first kappa shape index (κ1) is 13.9. The first-order chi connectivity index (χ1) is 9.71. The maximum atomic E-state index is 12.5. The highest BCUT2D eigenvalue weighted by atomic mass is 16.5. The number of pyridine rings is 1. The van der Waals surface area contributed by atoms with Crippen LogP contribution in [0, 0.1) is 0 Å². The third-order valence-corrected chi connectivity index (χ3v) is 2.85. The summed E-state index contributed by atoms with van der Waals surface area (Å²) in [4.78, 5) is 16.5. The second-order valence-corrected chi connectivity index (χ2v) is 3.96. The van der Waals surface area contributed by atoms with Gasteiger partial charge in [-0.05, 0) is 30.3 Å². The standard InChI is InChI=1S/C15H15NO4/c1-18-12-7-6-10(9-13(12)19-2)14(17)11-5-4-8-16-15(11)20-3/h4-9H,1-3H3. The lowest BCUT2D eigenvalue weighted by Crippen LogP contribution is -2.05. The van der Waals surface area contributed by atoms with Crippen molar-refractivity contribution in [1.29, 1.82) is 0 Å². The molecule has 0 amide bonds. The molecule has 2 rings (SSSR count). The van der Waals surface area contributed by atoms with Crippen molar-refractivity contribution < 1.29 is 19.0 Å². The molecule has 0 saturated heterocycles. The molecule has 0 atom stereocenters. The Hall–Kier alpha value is -2.56. The molecule has 1 aromatic carbocycles. The minimum atomic E-state index is -0.184. The molecular weight excluding hydrogens is 258 g/mol. The smallest absolute Gasteiger partial charge is 0.224 e. The Morgan fingerprint density at radius 2 is 1.75 bits per heavy atom. The van der Waals surface area contributed by atoms with E-state index >= 15 is 0 Å². The summed E-state index contributed by atoms with van der Waals surface area (Å²) in [6.07, 6.45) is 1.57. The van der Waals surface area contributed by atoms with Gasteiger partial charge in [0, 0.05) is 11.8 Å². The van der Waals surface area contributed by atoms with Gasteiger partial charge in [-0.1, -0.05) is 0 Å². The lowest BCUT2D eigenvalue weighted by atomic mass is 10.0. The molecule has 1 aromatic heterocycles. The summed E-state index contributed by atoms with van der Waals surface area (Å²) in [5.41, 5.74) is 0.885. The van der Waals surface area contributed by atoms with Gasteiger partial charge in [-0.25, -0.2) is 4.98 Å². The molecule has 0 bridgehead atoms. The molecule has 0 fully saturated rings. The number of benzene rings is 1. The maximum absolute atomic E-state index is 12.5. The van der Waals surface area contributed by atoms with Crippen LogP contribution in [0.4, 0.5) is 0 Å². The van der Waals surface area contributed by atoms with Crippen LogP contribution in [0.5, 0.6) is 17.4 Å². The molecule has 5 nitrogen and oxygen atoms in total. The largest absolute Gasteiger partial charge is 0.493 e. The lowest BCUT2D eigenvalue weighted by Gasteiger charge is -2.10. The summed E-state index contributed by atoms with van der Waals surface area (Å²) in [5, 5.41) is 0. The van der Waals surface area contributed by atoms with E-state index in [-0.39, 0.29) is 5.78 Å². The predicted octanol–water partition coefficient (Wildman–Crippen LogP) is 2.34. The van der Waals surface area contributed by atoms with Gasteiger partial charge in [0.15, 0.2) is 17.3 Å². The summed E-state index contributed by atoms with van der Waals surface area (Å²) < 4.78 is 15.4. The maximum Gasteiger partial charge on any atom is 0.224 e. The van der Waals surface area contributed by atoms with Crippen LogP contribution in [0.15, 0.2) is 36.5 Å². The van der Waals surface area contributed by atoms with E-state index in [9.17, 15) is 4.79 Å². The quantitative estimate of drug-likeness (QED) is 0.783. The van der Waals surface area contributed by atoms with Gasteiger partial charge < -0.3 is 14.2 Å². The number of aromatic nitrogens is 1. The number of methoxy groups -OCH3 is 3. The molecule has 0 spiro atoms. The topological polar surface area (TPSA) is 57.7 Å². The van der Waals surface area contributed by atoms with Crippen molar-refractivity contribution in [2.24, 2.45) is 0 Å². The van der Waals surface area contributed by atoms with Crippen molar-refractivity contribution in [2.75, 3.05) is 21.3 Å². The van der Waals surface area contributed by atoms with Gasteiger partial charge in [-0.2, -0.15) is 0 Å². The highest BCUT2D eigenvalue weighted by Crippen LogP contribution is 2.29. The van der Waals surface area contributed by atoms with Crippen LogP contribution in [-0.2, 0) is 0 Å².